The Bertz CT molecular complexity index is 421. The van der Waals surface area contributed by atoms with Crippen molar-refractivity contribution in [2.75, 3.05) is 14.2 Å². The van der Waals surface area contributed by atoms with Crippen LogP contribution >= 0.6 is 0 Å². The number of carbonyl (C=O) groups is 1. The Labute approximate surface area is 94.1 Å². The SMILES string of the molecule is COc1ccc(/C(C)=C/C(=O)O)c(OC)c1. The van der Waals surface area contributed by atoms with Gasteiger partial charge in [0.1, 0.15) is 11.5 Å². The summed E-state index contributed by atoms with van der Waals surface area (Å²) >= 11 is 0. The third-order valence-corrected chi connectivity index (χ3v) is 2.17. The van der Waals surface area contributed by atoms with E-state index in [0.717, 1.165) is 11.6 Å². The van der Waals surface area contributed by atoms with Gasteiger partial charge in [-0.1, -0.05) is 0 Å². The molecule has 0 aliphatic rings. The normalized spacial score (nSPS) is 11.1. The van der Waals surface area contributed by atoms with Crippen LogP contribution in [0.15, 0.2) is 24.3 Å². The first-order chi connectivity index (χ1) is 7.58. The van der Waals surface area contributed by atoms with E-state index in [1.165, 1.54) is 7.11 Å². The first-order valence-corrected chi connectivity index (χ1v) is 4.72. The van der Waals surface area contributed by atoms with Crippen molar-refractivity contribution in [3.05, 3.63) is 29.8 Å². The topological polar surface area (TPSA) is 55.8 Å². The van der Waals surface area contributed by atoms with Crippen molar-refractivity contribution >= 4 is 11.5 Å². The molecule has 0 fully saturated rings. The quantitative estimate of drug-likeness (QED) is 0.793. The van der Waals surface area contributed by atoms with Crippen molar-refractivity contribution in [2.24, 2.45) is 0 Å². The van der Waals surface area contributed by atoms with E-state index in [-0.39, 0.29) is 0 Å². The fourth-order valence-electron chi connectivity index (χ4n) is 1.39. The van der Waals surface area contributed by atoms with Crippen LogP contribution in [-0.2, 0) is 4.79 Å². The van der Waals surface area contributed by atoms with Crippen LogP contribution in [0, 0.1) is 0 Å². The molecule has 0 bridgehead atoms. The van der Waals surface area contributed by atoms with Crippen molar-refractivity contribution < 1.29 is 19.4 Å². The summed E-state index contributed by atoms with van der Waals surface area (Å²) in [5.74, 6) is 0.286. The Morgan fingerprint density at radius 3 is 2.50 bits per heavy atom. The van der Waals surface area contributed by atoms with E-state index in [2.05, 4.69) is 0 Å². The number of ether oxygens (including phenoxy) is 2. The molecule has 0 aliphatic carbocycles. The molecular weight excluding hydrogens is 208 g/mol. The molecule has 4 heteroatoms. The zero-order valence-electron chi connectivity index (χ0n) is 9.48. The Hall–Kier alpha value is -1.97. The predicted octanol–water partition coefficient (Wildman–Crippen LogP) is 2.19. The van der Waals surface area contributed by atoms with Gasteiger partial charge in [-0.05, 0) is 24.6 Å². The standard InChI is InChI=1S/C12H14O4/c1-8(6-12(13)14)10-5-4-9(15-2)7-11(10)16-3/h4-7H,1-3H3,(H,13,14)/b8-6+. The van der Waals surface area contributed by atoms with E-state index in [4.69, 9.17) is 14.6 Å². The van der Waals surface area contributed by atoms with Crippen LogP contribution in [0.4, 0.5) is 0 Å². The molecule has 0 aromatic heterocycles. The van der Waals surface area contributed by atoms with Crippen molar-refractivity contribution in [2.45, 2.75) is 6.92 Å². The maximum absolute atomic E-state index is 10.6. The molecule has 16 heavy (non-hydrogen) atoms. The highest BCUT2D eigenvalue weighted by molar-refractivity contribution is 5.90. The number of benzene rings is 1. The van der Waals surface area contributed by atoms with Crippen molar-refractivity contribution in [3.8, 4) is 11.5 Å². The molecule has 4 nitrogen and oxygen atoms in total. The van der Waals surface area contributed by atoms with Gasteiger partial charge in [0, 0.05) is 17.7 Å². The lowest BCUT2D eigenvalue weighted by Crippen LogP contribution is -1.94. The molecule has 1 aromatic carbocycles. The molecule has 1 aromatic rings. The van der Waals surface area contributed by atoms with Crippen LogP contribution < -0.4 is 9.47 Å². The molecule has 0 aliphatic heterocycles. The van der Waals surface area contributed by atoms with Gasteiger partial charge in [-0.25, -0.2) is 4.79 Å². The molecule has 0 saturated heterocycles. The summed E-state index contributed by atoms with van der Waals surface area (Å²) in [6.07, 6.45) is 1.14. The summed E-state index contributed by atoms with van der Waals surface area (Å²) in [5, 5.41) is 8.67. The number of carboxylic acid groups (broad SMARTS) is 1. The molecule has 1 N–H and O–H groups in total. The van der Waals surface area contributed by atoms with E-state index in [0.29, 0.717) is 17.1 Å². The van der Waals surface area contributed by atoms with E-state index >= 15 is 0 Å². The fraction of sp³-hybridized carbons (Fsp3) is 0.250. The van der Waals surface area contributed by atoms with Gasteiger partial charge in [0.25, 0.3) is 0 Å². The number of aliphatic carboxylic acids is 1. The lowest BCUT2D eigenvalue weighted by Gasteiger charge is -2.10. The van der Waals surface area contributed by atoms with Crippen LogP contribution in [0.2, 0.25) is 0 Å². The Morgan fingerprint density at radius 1 is 1.31 bits per heavy atom. The molecule has 0 spiro atoms. The molecule has 0 atom stereocenters. The van der Waals surface area contributed by atoms with E-state index in [1.807, 2.05) is 0 Å². The minimum Gasteiger partial charge on any atom is -0.497 e. The second-order valence-electron chi connectivity index (χ2n) is 3.23. The Morgan fingerprint density at radius 2 is 2.00 bits per heavy atom. The highest BCUT2D eigenvalue weighted by Crippen LogP contribution is 2.29. The average molecular weight is 222 g/mol. The summed E-state index contributed by atoms with van der Waals surface area (Å²) in [5.41, 5.74) is 1.37. The number of hydrogen-bond acceptors (Lipinski definition) is 3. The molecule has 0 radical (unpaired) electrons. The molecule has 0 saturated carbocycles. The summed E-state index contributed by atoms with van der Waals surface area (Å²) in [6, 6.07) is 5.25. The summed E-state index contributed by atoms with van der Waals surface area (Å²) in [6.45, 7) is 1.72. The van der Waals surface area contributed by atoms with Crippen LogP contribution in [0.5, 0.6) is 11.5 Å². The van der Waals surface area contributed by atoms with Gasteiger partial charge < -0.3 is 14.6 Å². The molecule has 86 valence electrons. The van der Waals surface area contributed by atoms with Crippen LogP contribution in [0.25, 0.3) is 5.57 Å². The monoisotopic (exact) mass is 222 g/mol. The smallest absolute Gasteiger partial charge is 0.328 e. The number of hydrogen-bond donors (Lipinski definition) is 1. The number of rotatable bonds is 4. The Balaban J connectivity index is 3.18. The fourth-order valence-corrected chi connectivity index (χ4v) is 1.39. The summed E-state index contributed by atoms with van der Waals surface area (Å²) in [7, 11) is 3.10. The van der Waals surface area contributed by atoms with Gasteiger partial charge in [0.15, 0.2) is 0 Å². The first-order valence-electron chi connectivity index (χ1n) is 4.72. The van der Waals surface area contributed by atoms with Gasteiger partial charge in [-0.3, -0.25) is 0 Å². The summed E-state index contributed by atoms with van der Waals surface area (Å²) < 4.78 is 10.2. The predicted molar refractivity (Wildman–Crippen MR) is 60.8 cm³/mol. The zero-order valence-corrected chi connectivity index (χ0v) is 9.48. The van der Waals surface area contributed by atoms with Crippen molar-refractivity contribution in [1.29, 1.82) is 0 Å². The first kappa shape index (κ1) is 12.1. The molecule has 0 heterocycles. The number of allylic oxidation sites excluding steroid dienone is 1. The minimum atomic E-state index is -0.977. The van der Waals surface area contributed by atoms with Gasteiger partial charge in [-0.15, -0.1) is 0 Å². The van der Waals surface area contributed by atoms with Gasteiger partial charge in [-0.2, -0.15) is 0 Å². The van der Waals surface area contributed by atoms with E-state index in [9.17, 15) is 4.79 Å². The second-order valence-corrected chi connectivity index (χ2v) is 3.23. The second kappa shape index (κ2) is 5.21. The maximum atomic E-state index is 10.6. The molecule has 1 rings (SSSR count). The van der Waals surface area contributed by atoms with Gasteiger partial charge in [0.2, 0.25) is 0 Å². The van der Waals surface area contributed by atoms with E-state index in [1.54, 1.807) is 32.2 Å². The number of carboxylic acids is 1. The molecule has 0 amide bonds. The van der Waals surface area contributed by atoms with Crippen molar-refractivity contribution in [1.82, 2.24) is 0 Å². The third kappa shape index (κ3) is 2.76. The summed E-state index contributed by atoms with van der Waals surface area (Å²) in [4.78, 5) is 10.6. The van der Waals surface area contributed by atoms with Crippen molar-refractivity contribution in [3.63, 3.8) is 0 Å². The van der Waals surface area contributed by atoms with Gasteiger partial charge in [0.05, 0.1) is 14.2 Å². The van der Waals surface area contributed by atoms with E-state index < -0.39 is 5.97 Å². The zero-order chi connectivity index (χ0) is 12.1. The lowest BCUT2D eigenvalue weighted by atomic mass is 10.1. The minimum absolute atomic E-state index is 0.592. The maximum Gasteiger partial charge on any atom is 0.328 e. The lowest BCUT2D eigenvalue weighted by molar-refractivity contribution is -0.131. The largest absolute Gasteiger partial charge is 0.497 e. The van der Waals surface area contributed by atoms with Crippen LogP contribution in [-0.4, -0.2) is 25.3 Å². The molecular formula is C12H14O4. The highest BCUT2D eigenvalue weighted by Gasteiger charge is 2.07. The third-order valence-electron chi connectivity index (χ3n) is 2.17. The van der Waals surface area contributed by atoms with Crippen LogP contribution in [0.3, 0.4) is 0 Å². The average Bonchev–Trinajstić information content (AvgIpc) is 2.27. The Kier molecular flexibility index (Phi) is 3.94. The highest BCUT2D eigenvalue weighted by atomic mass is 16.5. The molecule has 0 unspecified atom stereocenters. The number of methoxy groups -OCH3 is 2. The van der Waals surface area contributed by atoms with Gasteiger partial charge >= 0.3 is 5.97 Å². The van der Waals surface area contributed by atoms with Crippen LogP contribution in [0.1, 0.15) is 12.5 Å².